The predicted molar refractivity (Wildman–Crippen MR) is 137 cm³/mol. The second-order valence-electron chi connectivity index (χ2n) is 11.1. The van der Waals surface area contributed by atoms with Crippen LogP contribution in [0, 0.1) is 5.82 Å². The van der Waals surface area contributed by atoms with E-state index in [0.717, 1.165) is 16.7 Å². The highest BCUT2D eigenvalue weighted by atomic mass is 19.1. The zero-order chi connectivity index (χ0) is 27.1. The average Bonchev–Trinajstić information content (AvgIpc) is 3.25. The molecular weight excluding hydrogens is 477 g/mol. The summed E-state index contributed by atoms with van der Waals surface area (Å²) in [6.45, 7) is 10.7. The molecule has 196 valence electrons. The molecule has 0 aliphatic carbocycles. The molecule has 1 aliphatic heterocycles. The SMILES string of the molecule is CC(C)(C)c1cc(-c2ccc(F)cc2)cc2nc(C(=O)N3CCN(C(=O)CCC(=O)O)CC3(C)C)oc12. The number of nitrogens with zero attached hydrogens (tertiary/aromatic N) is 3. The molecule has 37 heavy (non-hydrogen) atoms. The molecule has 1 saturated heterocycles. The van der Waals surface area contributed by atoms with Gasteiger partial charge in [-0.25, -0.2) is 9.37 Å². The normalized spacial score (nSPS) is 15.7. The fourth-order valence-corrected chi connectivity index (χ4v) is 4.72. The first-order valence-electron chi connectivity index (χ1n) is 12.3. The second-order valence-corrected chi connectivity index (χ2v) is 11.1. The third kappa shape index (κ3) is 5.50. The number of benzene rings is 2. The molecule has 2 amide bonds. The molecule has 1 N–H and O–H groups in total. The van der Waals surface area contributed by atoms with Crippen LogP contribution in [0.5, 0.6) is 0 Å². The molecule has 3 aromatic rings. The van der Waals surface area contributed by atoms with Crippen molar-refractivity contribution in [2.24, 2.45) is 0 Å². The van der Waals surface area contributed by atoms with Crippen molar-refractivity contribution < 1.29 is 28.3 Å². The first-order valence-corrected chi connectivity index (χ1v) is 12.3. The largest absolute Gasteiger partial charge is 0.481 e. The fraction of sp³-hybridized carbons (Fsp3) is 0.429. The van der Waals surface area contributed by atoms with Crippen molar-refractivity contribution in [2.45, 2.75) is 58.4 Å². The van der Waals surface area contributed by atoms with Crippen LogP contribution in [0.25, 0.3) is 22.2 Å². The number of aromatic nitrogens is 1. The van der Waals surface area contributed by atoms with Crippen molar-refractivity contribution in [3.05, 3.63) is 53.7 Å². The van der Waals surface area contributed by atoms with Gasteiger partial charge in [-0.15, -0.1) is 0 Å². The molecule has 2 aromatic carbocycles. The lowest BCUT2D eigenvalue weighted by Gasteiger charge is -2.46. The Morgan fingerprint density at radius 2 is 1.73 bits per heavy atom. The first-order chi connectivity index (χ1) is 17.3. The number of rotatable bonds is 5. The molecular formula is C28H32FN3O5. The number of piperazine rings is 1. The van der Waals surface area contributed by atoms with Crippen LogP contribution in [0.4, 0.5) is 4.39 Å². The quantitative estimate of drug-likeness (QED) is 0.527. The molecule has 0 radical (unpaired) electrons. The van der Waals surface area contributed by atoms with Crippen LogP contribution >= 0.6 is 0 Å². The van der Waals surface area contributed by atoms with E-state index in [1.165, 1.54) is 12.1 Å². The Labute approximate surface area is 215 Å². The van der Waals surface area contributed by atoms with Gasteiger partial charge in [-0.3, -0.25) is 14.4 Å². The summed E-state index contributed by atoms with van der Waals surface area (Å²) in [6, 6.07) is 10.0. The summed E-state index contributed by atoms with van der Waals surface area (Å²) in [5.74, 6) is -1.99. The van der Waals surface area contributed by atoms with E-state index in [4.69, 9.17) is 9.52 Å². The van der Waals surface area contributed by atoms with E-state index in [-0.39, 0.29) is 54.9 Å². The lowest BCUT2D eigenvalue weighted by molar-refractivity contribution is -0.142. The van der Waals surface area contributed by atoms with Crippen LogP contribution in [-0.4, -0.2) is 62.8 Å². The van der Waals surface area contributed by atoms with E-state index in [9.17, 15) is 18.8 Å². The van der Waals surface area contributed by atoms with Gasteiger partial charge in [-0.1, -0.05) is 32.9 Å². The van der Waals surface area contributed by atoms with Crippen LogP contribution in [-0.2, 0) is 15.0 Å². The molecule has 0 unspecified atom stereocenters. The number of aliphatic carboxylic acids is 1. The van der Waals surface area contributed by atoms with Crippen molar-refractivity contribution in [3.8, 4) is 11.1 Å². The Kier molecular flexibility index (Phi) is 6.83. The minimum atomic E-state index is -1.02. The summed E-state index contributed by atoms with van der Waals surface area (Å²) in [6.07, 6.45) is -0.298. The Morgan fingerprint density at radius 3 is 2.32 bits per heavy atom. The topological polar surface area (TPSA) is 104 Å². The number of amides is 2. The van der Waals surface area contributed by atoms with E-state index >= 15 is 0 Å². The zero-order valence-corrected chi connectivity index (χ0v) is 21.8. The third-order valence-electron chi connectivity index (χ3n) is 6.71. The molecule has 4 rings (SSSR count). The Balaban J connectivity index is 1.64. The van der Waals surface area contributed by atoms with Gasteiger partial charge in [0.1, 0.15) is 11.3 Å². The second kappa shape index (κ2) is 9.61. The minimum Gasteiger partial charge on any atom is -0.481 e. The van der Waals surface area contributed by atoms with E-state index in [2.05, 4.69) is 4.98 Å². The van der Waals surface area contributed by atoms with Crippen LogP contribution in [0.15, 0.2) is 40.8 Å². The lowest BCUT2D eigenvalue weighted by atomic mass is 9.84. The molecule has 0 atom stereocenters. The van der Waals surface area contributed by atoms with Crippen LogP contribution in [0.3, 0.4) is 0 Å². The van der Waals surface area contributed by atoms with Crippen molar-refractivity contribution >= 4 is 28.9 Å². The Morgan fingerprint density at radius 1 is 1.05 bits per heavy atom. The first kappa shape index (κ1) is 26.3. The minimum absolute atomic E-state index is 0.0320. The molecule has 0 bridgehead atoms. The van der Waals surface area contributed by atoms with Crippen LogP contribution in [0.1, 0.15) is 63.7 Å². The summed E-state index contributed by atoms with van der Waals surface area (Å²) in [5, 5.41) is 8.87. The van der Waals surface area contributed by atoms with Crippen molar-refractivity contribution in [1.29, 1.82) is 0 Å². The lowest BCUT2D eigenvalue weighted by Crippen LogP contribution is -2.62. The number of carbonyl (C=O) groups is 3. The highest BCUT2D eigenvalue weighted by molar-refractivity contribution is 5.95. The number of carboxylic acids is 1. The van der Waals surface area contributed by atoms with E-state index < -0.39 is 11.5 Å². The number of fused-ring (bicyclic) bond motifs is 1. The van der Waals surface area contributed by atoms with Gasteiger partial charge in [0.15, 0.2) is 5.58 Å². The van der Waals surface area contributed by atoms with Gasteiger partial charge in [0, 0.05) is 31.6 Å². The monoisotopic (exact) mass is 509 g/mol. The average molecular weight is 510 g/mol. The highest BCUT2D eigenvalue weighted by Crippen LogP contribution is 2.36. The number of oxazole rings is 1. The number of hydrogen-bond donors (Lipinski definition) is 1. The van der Waals surface area contributed by atoms with Gasteiger partial charge in [-0.05, 0) is 54.7 Å². The maximum absolute atomic E-state index is 13.6. The molecule has 8 nitrogen and oxygen atoms in total. The van der Waals surface area contributed by atoms with E-state index in [1.54, 1.807) is 21.9 Å². The maximum atomic E-state index is 13.6. The van der Waals surface area contributed by atoms with Crippen molar-refractivity contribution in [2.75, 3.05) is 19.6 Å². The van der Waals surface area contributed by atoms with Crippen molar-refractivity contribution in [3.63, 3.8) is 0 Å². The summed E-state index contributed by atoms with van der Waals surface area (Å²) < 4.78 is 19.6. The highest BCUT2D eigenvalue weighted by Gasteiger charge is 2.40. The molecule has 0 spiro atoms. The maximum Gasteiger partial charge on any atom is 0.310 e. The number of hydrogen-bond acceptors (Lipinski definition) is 5. The van der Waals surface area contributed by atoms with E-state index in [1.807, 2.05) is 46.8 Å². The molecule has 9 heteroatoms. The van der Waals surface area contributed by atoms with Gasteiger partial charge in [-0.2, -0.15) is 0 Å². The van der Waals surface area contributed by atoms with Gasteiger partial charge in [0.25, 0.3) is 5.89 Å². The van der Waals surface area contributed by atoms with Gasteiger partial charge in [0.05, 0.1) is 12.0 Å². The van der Waals surface area contributed by atoms with Crippen molar-refractivity contribution in [1.82, 2.24) is 14.8 Å². The Hall–Kier alpha value is -3.75. The molecule has 2 heterocycles. The van der Waals surface area contributed by atoms with Crippen LogP contribution < -0.4 is 0 Å². The summed E-state index contributed by atoms with van der Waals surface area (Å²) in [7, 11) is 0. The van der Waals surface area contributed by atoms with Gasteiger partial charge >= 0.3 is 11.9 Å². The standard InChI is InChI=1S/C28H32FN3O5/c1-27(2,3)20-14-18(17-6-8-19(29)9-7-17)15-21-24(20)37-25(30-21)26(36)32-13-12-31(16-28(32,4)5)22(33)10-11-23(34)35/h6-9,14-15H,10-13,16H2,1-5H3,(H,34,35). The fourth-order valence-electron chi connectivity index (χ4n) is 4.72. The van der Waals surface area contributed by atoms with Gasteiger partial charge < -0.3 is 19.3 Å². The third-order valence-corrected chi connectivity index (χ3v) is 6.71. The molecule has 1 aromatic heterocycles. The molecule has 1 aliphatic rings. The predicted octanol–water partition coefficient (Wildman–Crippen LogP) is 4.86. The molecule has 1 fully saturated rings. The smallest absolute Gasteiger partial charge is 0.310 e. The van der Waals surface area contributed by atoms with E-state index in [0.29, 0.717) is 17.6 Å². The summed E-state index contributed by atoms with van der Waals surface area (Å²) in [4.78, 5) is 44.7. The number of halogens is 1. The zero-order valence-electron chi connectivity index (χ0n) is 21.8. The van der Waals surface area contributed by atoms with Crippen LogP contribution in [0.2, 0.25) is 0 Å². The Bertz CT molecular complexity index is 1350. The molecule has 0 saturated carbocycles. The summed E-state index contributed by atoms with van der Waals surface area (Å²) in [5.41, 5.74) is 2.60. The summed E-state index contributed by atoms with van der Waals surface area (Å²) >= 11 is 0. The van der Waals surface area contributed by atoms with Gasteiger partial charge in [0.2, 0.25) is 5.91 Å². The number of carboxylic acid groups (broad SMARTS) is 1. The number of carbonyl (C=O) groups excluding carboxylic acids is 2.